The van der Waals surface area contributed by atoms with Crippen LogP contribution in [0.3, 0.4) is 0 Å². The summed E-state index contributed by atoms with van der Waals surface area (Å²) in [5.74, 6) is 1.29. The van der Waals surface area contributed by atoms with Gasteiger partial charge in [0.25, 0.3) is 0 Å². The van der Waals surface area contributed by atoms with Crippen LogP contribution in [0.5, 0.6) is 0 Å². The number of guanidine groups is 1. The van der Waals surface area contributed by atoms with Crippen molar-refractivity contribution in [1.29, 1.82) is 0 Å². The van der Waals surface area contributed by atoms with Gasteiger partial charge in [-0.1, -0.05) is 18.6 Å². The van der Waals surface area contributed by atoms with Crippen molar-refractivity contribution < 1.29 is 9.13 Å². The van der Waals surface area contributed by atoms with E-state index in [0.29, 0.717) is 35.6 Å². The quantitative estimate of drug-likeness (QED) is 0.651. The van der Waals surface area contributed by atoms with Crippen LogP contribution in [-0.2, 0) is 11.3 Å². The van der Waals surface area contributed by atoms with Crippen molar-refractivity contribution in [2.45, 2.75) is 58.2 Å². The Balaban J connectivity index is 1.46. The number of nitrogens with one attached hydrogen (secondary N) is 2. The van der Waals surface area contributed by atoms with E-state index in [0.717, 1.165) is 31.1 Å². The minimum absolute atomic E-state index is 0.163. The first-order valence-corrected chi connectivity index (χ1v) is 9.55. The zero-order valence-corrected chi connectivity index (χ0v) is 15.1. The molecule has 5 heteroatoms. The molecule has 25 heavy (non-hydrogen) atoms. The molecule has 0 aromatic heterocycles. The fraction of sp³-hybridized carbons (Fsp3) is 0.650. The van der Waals surface area contributed by atoms with Crippen molar-refractivity contribution in [3.63, 3.8) is 0 Å². The maximum atomic E-state index is 13.7. The van der Waals surface area contributed by atoms with E-state index in [1.54, 1.807) is 13.0 Å². The number of rotatable bonds is 4. The van der Waals surface area contributed by atoms with E-state index in [1.807, 2.05) is 12.1 Å². The Kier molecular flexibility index (Phi) is 4.44. The number of hydrogen-bond acceptors (Lipinski definition) is 2. The molecule has 1 saturated heterocycles. The molecule has 4 nitrogen and oxygen atoms in total. The summed E-state index contributed by atoms with van der Waals surface area (Å²) in [6, 6.07) is 5.81. The molecule has 0 bridgehead atoms. The number of nitrogens with zero attached hydrogens (tertiary/aromatic N) is 1. The van der Waals surface area contributed by atoms with Crippen LogP contribution >= 0.6 is 0 Å². The molecule has 3 fully saturated rings. The van der Waals surface area contributed by atoms with Crippen LogP contribution in [0, 0.1) is 24.1 Å². The van der Waals surface area contributed by atoms with E-state index < -0.39 is 0 Å². The molecule has 1 aromatic carbocycles. The molecular formula is C20H28FN3O. The highest BCUT2D eigenvalue weighted by atomic mass is 19.1. The van der Waals surface area contributed by atoms with Crippen molar-refractivity contribution in [1.82, 2.24) is 10.6 Å². The summed E-state index contributed by atoms with van der Waals surface area (Å²) < 4.78 is 19.7. The molecule has 2 N–H and O–H groups in total. The Bertz CT molecular complexity index is 671. The molecule has 1 aliphatic heterocycles. The SMILES string of the molecule is CCNC(=NCc1ccc(C)c(F)c1)NC1C2CCOC2C12CCC2. The fourth-order valence-corrected chi connectivity index (χ4v) is 4.83. The van der Waals surface area contributed by atoms with E-state index in [9.17, 15) is 4.39 Å². The largest absolute Gasteiger partial charge is 0.377 e. The first-order chi connectivity index (χ1) is 12.1. The predicted octanol–water partition coefficient (Wildman–Crippen LogP) is 3.15. The van der Waals surface area contributed by atoms with Gasteiger partial charge in [0, 0.05) is 30.5 Å². The van der Waals surface area contributed by atoms with Crippen LogP contribution in [-0.4, -0.2) is 31.3 Å². The minimum Gasteiger partial charge on any atom is -0.377 e. The summed E-state index contributed by atoms with van der Waals surface area (Å²) in [4.78, 5) is 4.70. The Hall–Kier alpha value is -1.62. The zero-order valence-electron chi connectivity index (χ0n) is 15.1. The van der Waals surface area contributed by atoms with Crippen molar-refractivity contribution in [3.05, 3.63) is 35.1 Å². The van der Waals surface area contributed by atoms with Gasteiger partial charge in [0.05, 0.1) is 12.6 Å². The lowest BCUT2D eigenvalue weighted by Crippen LogP contribution is -2.72. The number of halogens is 1. The smallest absolute Gasteiger partial charge is 0.191 e. The molecule has 1 spiro atoms. The average Bonchev–Trinajstić information content (AvgIpc) is 2.97. The molecule has 2 saturated carbocycles. The summed E-state index contributed by atoms with van der Waals surface area (Å²) in [5, 5.41) is 7.03. The number of ether oxygens (including phenoxy) is 1. The molecule has 0 radical (unpaired) electrons. The van der Waals surface area contributed by atoms with E-state index >= 15 is 0 Å². The van der Waals surface area contributed by atoms with Gasteiger partial charge in [0.15, 0.2) is 5.96 Å². The molecule has 0 amide bonds. The van der Waals surface area contributed by atoms with Gasteiger partial charge in [-0.15, -0.1) is 0 Å². The van der Waals surface area contributed by atoms with Crippen LogP contribution in [0.4, 0.5) is 4.39 Å². The average molecular weight is 345 g/mol. The number of aryl methyl sites for hydroxylation is 1. The third-order valence-electron chi connectivity index (χ3n) is 6.33. The van der Waals surface area contributed by atoms with Crippen molar-refractivity contribution in [3.8, 4) is 0 Å². The Morgan fingerprint density at radius 1 is 1.40 bits per heavy atom. The van der Waals surface area contributed by atoms with Gasteiger partial charge in [-0.05, 0) is 50.3 Å². The monoisotopic (exact) mass is 345 g/mol. The Morgan fingerprint density at radius 2 is 2.24 bits per heavy atom. The van der Waals surface area contributed by atoms with Crippen LogP contribution in [0.2, 0.25) is 0 Å². The van der Waals surface area contributed by atoms with Crippen molar-refractivity contribution in [2.24, 2.45) is 16.3 Å². The minimum atomic E-state index is -0.163. The lowest BCUT2D eigenvalue weighted by molar-refractivity contribution is -0.171. The van der Waals surface area contributed by atoms with Gasteiger partial charge in [0.1, 0.15) is 5.82 Å². The molecule has 3 unspecified atom stereocenters. The molecule has 3 atom stereocenters. The first kappa shape index (κ1) is 16.8. The highest BCUT2D eigenvalue weighted by Gasteiger charge is 2.66. The highest BCUT2D eigenvalue weighted by Crippen LogP contribution is 2.62. The molecule has 3 aliphatic rings. The maximum Gasteiger partial charge on any atom is 0.191 e. The number of fused-ring (bicyclic) bond motifs is 2. The number of benzene rings is 1. The number of hydrogen-bond donors (Lipinski definition) is 2. The second-order valence-electron chi connectivity index (χ2n) is 7.73. The normalized spacial score (nSPS) is 29.7. The van der Waals surface area contributed by atoms with Gasteiger partial charge in [-0.3, -0.25) is 0 Å². The van der Waals surface area contributed by atoms with Crippen molar-refractivity contribution >= 4 is 5.96 Å². The Labute approximate surface area is 149 Å². The molecule has 136 valence electrons. The first-order valence-electron chi connectivity index (χ1n) is 9.55. The van der Waals surface area contributed by atoms with Crippen LogP contribution in [0.15, 0.2) is 23.2 Å². The fourth-order valence-electron chi connectivity index (χ4n) is 4.83. The predicted molar refractivity (Wildman–Crippen MR) is 97.0 cm³/mol. The summed E-state index contributed by atoms with van der Waals surface area (Å²) in [7, 11) is 0. The van der Waals surface area contributed by atoms with Crippen LogP contribution in [0.25, 0.3) is 0 Å². The van der Waals surface area contributed by atoms with Gasteiger partial charge < -0.3 is 15.4 Å². The topological polar surface area (TPSA) is 45.7 Å². The van der Waals surface area contributed by atoms with E-state index in [-0.39, 0.29) is 5.82 Å². The molecule has 1 aromatic rings. The standard InChI is InChI=1S/C20H28FN3O/c1-3-22-19(23-12-14-6-5-13(2)16(21)11-14)24-17-15-7-10-25-18(15)20(17)8-4-9-20/h5-6,11,15,17-18H,3-4,7-10,12H2,1-2H3,(H2,22,23,24). The van der Waals surface area contributed by atoms with E-state index in [2.05, 4.69) is 17.6 Å². The van der Waals surface area contributed by atoms with E-state index in [4.69, 9.17) is 9.73 Å². The summed E-state index contributed by atoms with van der Waals surface area (Å²) in [6.45, 7) is 6.05. The Morgan fingerprint density at radius 3 is 2.92 bits per heavy atom. The molecule has 4 rings (SSSR count). The zero-order chi connectivity index (χ0) is 17.4. The van der Waals surface area contributed by atoms with Gasteiger partial charge in [-0.25, -0.2) is 9.38 Å². The molecular weight excluding hydrogens is 317 g/mol. The lowest BCUT2D eigenvalue weighted by Gasteiger charge is -2.63. The van der Waals surface area contributed by atoms with Crippen LogP contribution < -0.4 is 10.6 Å². The molecule has 1 heterocycles. The van der Waals surface area contributed by atoms with Gasteiger partial charge in [0.2, 0.25) is 0 Å². The summed E-state index contributed by atoms with van der Waals surface area (Å²) in [5.41, 5.74) is 1.90. The van der Waals surface area contributed by atoms with Gasteiger partial charge in [-0.2, -0.15) is 0 Å². The second-order valence-corrected chi connectivity index (χ2v) is 7.73. The lowest BCUT2D eigenvalue weighted by atomic mass is 9.46. The van der Waals surface area contributed by atoms with Crippen molar-refractivity contribution in [2.75, 3.05) is 13.2 Å². The summed E-state index contributed by atoms with van der Waals surface area (Å²) >= 11 is 0. The maximum absolute atomic E-state index is 13.7. The second kappa shape index (κ2) is 6.60. The van der Waals surface area contributed by atoms with Gasteiger partial charge >= 0.3 is 0 Å². The third kappa shape index (κ3) is 2.82. The summed E-state index contributed by atoms with van der Waals surface area (Å²) in [6.07, 6.45) is 5.42. The molecule has 2 aliphatic carbocycles. The highest BCUT2D eigenvalue weighted by molar-refractivity contribution is 5.80. The van der Waals surface area contributed by atoms with E-state index in [1.165, 1.54) is 19.3 Å². The number of aliphatic imine (C=N–C) groups is 1. The van der Waals surface area contributed by atoms with Crippen LogP contribution in [0.1, 0.15) is 43.7 Å². The third-order valence-corrected chi connectivity index (χ3v) is 6.33.